The van der Waals surface area contributed by atoms with E-state index in [1.165, 1.54) is 56.5 Å². The predicted octanol–water partition coefficient (Wildman–Crippen LogP) is 3.36. The Morgan fingerprint density at radius 3 is 2.70 bits per heavy atom. The second-order valence-electron chi connectivity index (χ2n) is 6.93. The molecule has 124 valence electrons. The van der Waals surface area contributed by atoms with Crippen LogP contribution in [-0.4, -0.2) is 30.9 Å². The third kappa shape index (κ3) is 3.39. The van der Waals surface area contributed by atoms with Gasteiger partial charge in [-0.05, 0) is 44.9 Å². The first-order valence-electron chi connectivity index (χ1n) is 8.74. The first kappa shape index (κ1) is 15.1. The minimum atomic E-state index is 0.573. The molecule has 2 heterocycles. The molecule has 0 atom stereocenters. The predicted molar refractivity (Wildman–Crippen MR) is 90.6 cm³/mol. The molecule has 7 heteroatoms. The Hall–Kier alpha value is -1.50. The molecular formula is C16H24N6S. The zero-order chi connectivity index (χ0) is 15.6. The van der Waals surface area contributed by atoms with E-state index in [4.69, 9.17) is 0 Å². The molecule has 0 unspecified atom stereocenters. The molecule has 6 nitrogen and oxygen atoms in total. The van der Waals surface area contributed by atoms with Crippen molar-refractivity contribution in [3.63, 3.8) is 0 Å². The van der Waals surface area contributed by atoms with Crippen LogP contribution < -0.4 is 4.90 Å². The van der Waals surface area contributed by atoms with Crippen LogP contribution in [0.15, 0.2) is 6.20 Å². The summed E-state index contributed by atoms with van der Waals surface area (Å²) in [5.41, 5.74) is 1.04. The van der Waals surface area contributed by atoms with Crippen LogP contribution >= 0.6 is 11.5 Å². The first-order valence-corrected chi connectivity index (χ1v) is 9.51. The largest absolute Gasteiger partial charge is 0.341 e. The third-order valence-electron chi connectivity index (χ3n) is 5.10. The lowest BCUT2D eigenvalue weighted by molar-refractivity contribution is 0.284. The van der Waals surface area contributed by atoms with Crippen molar-refractivity contribution in [3.8, 4) is 0 Å². The lowest BCUT2D eigenvalue weighted by Crippen LogP contribution is -2.28. The maximum absolute atomic E-state index is 4.60. The van der Waals surface area contributed by atoms with Crippen LogP contribution in [0.4, 0.5) is 5.13 Å². The first-order chi connectivity index (χ1) is 11.3. The Morgan fingerprint density at radius 2 is 2.04 bits per heavy atom. The van der Waals surface area contributed by atoms with Crippen LogP contribution in [-0.2, 0) is 6.54 Å². The highest BCUT2D eigenvalue weighted by atomic mass is 32.1. The molecule has 2 aliphatic rings. The molecule has 2 aromatic rings. The Balaban J connectivity index is 1.48. The Bertz CT molecular complexity index is 641. The minimum Gasteiger partial charge on any atom is -0.341 e. The Kier molecular flexibility index (Phi) is 4.29. The van der Waals surface area contributed by atoms with E-state index in [1.807, 2.05) is 6.92 Å². The standard InChI is InChI=1S/C16H24N6S/c1-12-17-16(23-19-12)21(9-13-5-2-3-6-13)10-14-11-22(20-18-14)15-7-4-8-15/h11,13,15H,2-10H2,1H3. The zero-order valence-corrected chi connectivity index (χ0v) is 14.5. The monoisotopic (exact) mass is 332 g/mol. The fourth-order valence-corrected chi connectivity index (χ4v) is 4.22. The number of aryl methyl sites for hydroxylation is 1. The maximum Gasteiger partial charge on any atom is 0.205 e. The van der Waals surface area contributed by atoms with Crippen molar-refractivity contribution < 1.29 is 0 Å². The molecule has 0 aromatic carbocycles. The van der Waals surface area contributed by atoms with Crippen LogP contribution in [0, 0.1) is 12.8 Å². The van der Waals surface area contributed by atoms with Crippen LogP contribution in [0.25, 0.3) is 0 Å². The summed E-state index contributed by atoms with van der Waals surface area (Å²) in [5, 5.41) is 9.74. The number of nitrogens with zero attached hydrogens (tertiary/aromatic N) is 6. The summed E-state index contributed by atoms with van der Waals surface area (Å²) < 4.78 is 6.41. The summed E-state index contributed by atoms with van der Waals surface area (Å²) in [4.78, 5) is 6.95. The van der Waals surface area contributed by atoms with Crippen LogP contribution in [0.2, 0.25) is 0 Å². The second-order valence-corrected chi connectivity index (χ2v) is 7.66. The van der Waals surface area contributed by atoms with Crippen molar-refractivity contribution >= 4 is 16.7 Å². The van der Waals surface area contributed by atoms with Crippen molar-refractivity contribution in [2.45, 2.75) is 64.5 Å². The quantitative estimate of drug-likeness (QED) is 0.812. The molecule has 0 spiro atoms. The Labute approximate surface area is 141 Å². The van der Waals surface area contributed by atoms with Crippen molar-refractivity contribution in [1.82, 2.24) is 24.4 Å². The van der Waals surface area contributed by atoms with Gasteiger partial charge in [-0.1, -0.05) is 18.1 Å². The van der Waals surface area contributed by atoms with Crippen molar-refractivity contribution in [2.24, 2.45) is 5.92 Å². The zero-order valence-electron chi connectivity index (χ0n) is 13.7. The molecule has 4 rings (SSSR count). The van der Waals surface area contributed by atoms with Gasteiger partial charge in [-0.25, -0.2) is 9.67 Å². The lowest BCUT2D eigenvalue weighted by Gasteiger charge is -2.25. The number of aromatic nitrogens is 5. The van der Waals surface area contributed by atoms with Crippen molar-refractivity contribution in [2.75, 3.05) is 11.4 Å². The van der Waals surface area contributed by atoms with Gasteiger partial charge in [-0.2, -0.15) is 4.37 Å². The van der Waals surface area contributed by atoms with Gasteiger partial charge in [-0.3, -0.25) is 0 Å². The van der Waals surface area contributed by atoms with Crippen molar-refractivity contribution in [3.05, 3.63) is 17.7 Å². The molecular weight excluding hydrogens is 308 g/mol. The van der Waals surface area contributed by atoms with E-state index in [2.05, 4.69) is 35.4 Å². The normalized spacial score (nSPS) is 19.2. The molecule has 0 saturated heterocycles. The van der Waals surface area contributed by atoms with E-state index >= 15 is 0 Å². The van der Waals surface area contributed by atoms with E-state index in [-0.39, 0.29) is 0 Å². The Morgan fingerprint density at radius 1 is 1.22 bits per heavy atom. The average molecular weight is 332 g/mol. The van der Waals surface area contributed by atoms with E-state index in [9.17, 15) is 0 Å². The van der Waals surface area contributed by atoms with Gasteiger partial charge in [0.05, 0.1) is 18.8 Å². The van der Waals surface area contributed by atoms with Gasteiger partial charge in [0, 0.05) is 18.1 Å². The minimum absolute atomic E-state index is 0.573. The highest BCUT2D eigenvalue weighted by Crippen LogP contribution is 2.31. The number of hydrogen-bond donors (Lipinski definition) is 0. The summed E-state index contributed by atoms with van der Waals surface area (Å²) in [7, 11) is 0. The van der Waals surface area contributed by atoms with Gasteiger partial charge in [0.15, 0.2) is 0 Å². The molecule has 2 aromatic heterocycles. The average Bonchev–Trinajstić information content (AvgIpc) is 3.19. The summed E-state index contributed by atoms with van der Waals surface area (Å²) in [5.74, 6) is 1.64. The van der Waals surface area contributed by atoms with E-state index in [0.717, 1.165) is 35.7 Å². The fraction of sp³-hybridized carbons (Fsp3) is 0.750. The highest BCUT2D eigenvalue weighted by molar-refractivity contribution is 7.09. The van der Waals surface area contributed by atoms with Crippen molar-refractivity contribution in [1.29, 1.82) is 0 Å². The smallest absolute Gasteiger partial charge is 0.205 e. The van der Waals surface area contributed by atoms with Gasteiger partial charge in [0.25, 0.3) is 0 Å². The van der Waals surface area contributed by atoms with E-state index in [1.54, 1.807) is 0 Å². The number of hydrogen-bond acceptors (Lipinski definition) is 6. The van der Waals surface area contributed by atoms with Crippen LogP contribution in [0.1, 0.15) is 62.5 Å². The molecule has 0 amide bonds. The third-order valence-corrected chi connectivity index (χ3v) is 5.97. The van der Waals surface area contributed by atoms with E-state index < -0.39 is 0 Å². The molecule has 23 heavy (non-hydrogen) atoms. The molecule has 0 N–H and O–H groups in total. The van der Waals surface area contributed by atoms with Gasteiger partial charge < -0.3 is 4.90 Å². The molecule has 0 aliphatic heterocycles. The maximum atomic E-state index is 4.60. The van der Waals surface area contributed by atoms with Gasteiger partial charge in [-0.15, -0.1) is 5.10 Å². The summed E-state index contributed by atoms with van der Waals surface area (Å²) in [6.07, 6.45) is 11.3. The molecule has 2 aliphatic carbocycles. The van der Waals surface area contributed by atoms with Gasteiger partial charge in [0.2, 0.25) is 5.13 Å². The van der Waals surface area contributed by atoms with Crippen LogP contribution in [0.3, 0.4) is 0 Å². The molecule has 2 fully saturated rings. The van der Waals surface area contributed by atoms with Crippen LogP contribution in [0.5, 0.6) is 0 Å². The van der Waals surface area contributed by atoms with Gasteiger partial charge >= 0.3 is 0 Å². The SMILES string of the molecule is Cc1nsc(N(Cc2cn(C3CCC3)nn2)CC2CCCC2)n1. The lowest BCUT2D eigenvalue weighted by atomic mass is 9.93. The molecule has 0 radical (unpaired) electrons. The topological polar surface area (TPSA) is 59.7 Å². The molecule has 0 bridgehead atoms. The summed E-state index contributed by atoms with van der Waals surface area (Å²) in [6.45, 7) is 3.81. The summed E-state index contributed by atoms with van der Waals surface area (Å²) in [6, 6.07) is 0.573. The number of anilines is 1. The summed E-state index contributed by atoms with van der Waals surface area (Å²) >= 11 is 1.50. The number of rotatable bonds is 6. The van der Waals surface area contributed by atoms with Gasteiger partial charge in [0.1, 0.15) is 11.5 Å². The van der Waals surface area contributed by atoms with E-state index in [0.29, 0.717) is 6.04 Å². The second kappa shape index (κ2) is 6.55. The molecule has 2 saturated carbocycles. The highest BCUT2D eigenvalue weighted by Gasteiger charge is 2.24. The fourth-order valence-electron chi connectivity index (χ4n) is 3.54.